The molecule has 3 rings (SSSR count). The lowest BCUT2D eigenvalue weighted by atomic mass is 9.96. The van der Waals surface area contributed by atoms with E-state index in [9.17, 15) is 0 Å². The van der Waals surface area contributed by atoms with Crippen molar-refractivity contribution in [3.8, 4) is 0 Å². The largest absolute Gasteiger partial charge is 0.376 e. The highest BCUT2D eigenvalue weighted by molar-refractivity contribution is 5.57. The maximum absolute atomic E-state index is 5.77. The number of anilines is 1. The molecule has 1 fully saturated rings. The molecule has 0 amide bonds. The fourth-order valence-corrected chi connectivity index (χ4v) is 3.15. The highest BCUT2D eigenvalue weighted by Gasteiger charge is 2.26. The molecule has 98 valence electrons. The van der Waals surface area contributed by atoms with Gasteiger partial charge in [0.25, 0.3) is 0 Å². The number of hydrogen-bond acceptors (Lipinski definition) is 3. The molecular formula is C15H22N2O. The molecule has 2 aliphatic rings. The summed E-state index contributed by atoms with van der Waals surface area (Å²) in [6.45, 7) is 3.12. The number of hydrogen-bond donors (Lipinski definition) is 1. The Bertz CT molecular complexity index is 401. The van der Waals surface area contributed by atoms with E-state index in [0.29, 0.717) is 12.1 Å². The van der Waals surface area contributed by atoms with Crippen LogP contribution in [0.5, 0.6) is 0 Å². The molecule has 2 heterocycles. The Hall–Kier alpha value is -1.06. The molecule has 0 aromatic heterocycles. The zero-order chi connectivity index (χ0) is 12.4. The van der Waals surface area contributed by atoms with Gasteiger partial charge in [-0.05, 0) is 37.9 Å². The Labute approximate surface area is 109 Å². The van der Waals surface area contributed by atoms with E-state index in [1.807, 2.05) is 0 Å². The van der Waals surface area contributed by atoms with Gasteiger partial charge in [0.15, 0.2) is 0 Å². The summed E-state index contributed by atoms with van der Waals surface area (Å²) < 4.78 is 5.77. The van der Waals surface area contributed by atoms with Crippen molar-refractivity contribution in [3.63, 3.8) is 0 Å². The van der Waals surface area contributed by atoms with Gasteiger partial charge in [-0.3, -0.25) is 0 Å². The van der Waals surface area contributed by atoms with E-state index >= 15 is 0 Å². The van der Waals surface area contributed by atoms with Crippen LogP contribution in [0.25, 0.3) is 0 Å². The SMILES string of the molecule is CNC1CCN(CC2CCCO2)c2ccccc21. The van der Waals surface area contributed by atoms with Gasteiger partial charge in [-0.2, -0.15) is 0 Å². The average molecular weight is 246 g/mol. The number of para-hydroxylation sites is 1. The van der Waals surface area contributed by atoms with Crippen LogP contribution in [-0.4, -0.2) is 32.8 Å². The van der Waals surface area contributed by atoms with Crippen LogP contribution in [0.1, 0.15) is 30.9 Å². The molecule has 2 aliphatic heterocycles. The Morgan fingerprint density at radius 1 is 1.33 bits per heavy atom. The van der Waals surface area contributed by atoms with E-state index < -0.39 is 0 Å². The van der Waals surface area contributed by atoms with Crippen LogP contribution in [0.2, 0.25) is 0 Å². The molecule has 0 bridgehead atoms. The number of rotatable bonds is 3. The third kappa shape index (κ3) is 2.25. The van der Waals surface area contributed by atoms with Crippen molar-refractivity contribution in [3.05, 3.63) is 29.8 Å². The normalized spacial score (nSPS) is 27.3. The molecular weight excluding hydrogens is 224 g/mol. The highest BCUT2D eigenvalue weighted by Crippen LogP contribution is 2.34. The molecule has 3 heteroatoms. The number of nitrogens with one attached hydrogen (secondary N) is 1. The van der Waals surface area contributed by atoms with Crippen LogP contribution < -0.4 is 10.2 Å². The molecule has 1 saturated heterocycles. The predicted molar refractivity (Wildman–Crippen MR) is 74.0 cm³/mol. The molecule has 1 N–H and O–H groups in total. The first-order valence-electron chi connectivity index (χ1n) is 7.01. The minimum atomic E-state index is 0.434. The third-order valence-corrected chi connectivity index (χ3v) is 4.14. The van der Waals surface area contributed by atoms with Gasteiger partial charge in [0, 0.05) is 31.4 Å². The van der Waals surface area contributed by atoms with Crippen LogP contribution >= 0.6 is 0 Å². The van der Waals surface area contributed by atoms with E-state index in [4.69, 9.17) is 4.74 Å². The van der Waals surface area contributed by atoms with Crippen LogP contribution in [0.4, 0.5) is 5.69 Å². The van der Waals surface area contributed by atoms with Gasteiger partial charge in [-0.1, -0.05) is 18.2 Å². The summed E-state index contributed by atoms with van der Waals surface area (Å²) in [5, 5.41) is 3.42. The molecule has 0 spiro atoms. The van der Waals surface area contributed by atoms with Gasteiger partial charge in [-0.25, -0.2) is 0 Å². The summed E-state index contributed by atoms with van der Waals surface area (Å²) in [4.78, 5) is 2.50. The zero-order valence-electron chi connectivity index (χ0n) is 11.1. The van der Waals surface area contributed by atoms with Gasteiger partial charge >= 0.3 is 0 Å². The Morgan fingerprint density at radius 2 is 2.22 bits per heavy atom. The summed E-state index contributed by atoms with van der Waals surface area (Å²) in [7, 11) is 2.05. The van der Waals surface area contributed by atoms with Crippen molar-refractivity contribution in [2.45, 2.75) is 31.4 Å². The summed E-state index contributed by atoms with van der Waals surface area (Å²) in [6.07, 6.45) is 4.05. The van der Waals surface area contributed by atoms with Gasteiger partial charge in [-0.15, -0.1) is 0 Å². The molecule has 0 aliphatic carbocycles. The monoisotopic (exact) mass is 246 g/mol. The predicted octanol–water partition coefficient (Wildman–Crippen LogP) is 2.34. The maximum atomic E-state index is 5.77. The summed E-state index contributed by atoms with van der Waals surface area (Å²) >= 11 is 0. The van der Waals surface area contributed by atoms with E-state index in [1.165, 1.54) is 30.5 Å². The van der Waals surface area contributed by atoms with Crippen molar-refractivity contribution in [2.75, 3.05) is 31.6 Å². The quantitative estimate of drug-likeness (QED) is 0.886. The van der Waals surface area contributed by atoms with Gasteiger partial charge < -0.3 is 15.0 Å². The zero-order valence-corrected chi connectivity index (χ0v) is 11.1. The second kappa shape index (κ2) is 5.29. The Morgan fingerprint density at radius 3 is 3.00 bits per heavy atom. The summed E-state index contributed by atoms with van der Waals surface area (Å²) in [5.74, 6) is 0. The van der Waals surface area contributed by atoms with E-state index in [-0.39, 0.29) is 0 Å². The lowest BCUT2D eigenvalue weighted by Gasteiger charge is -2.36. The van der Waals surface area contributed by atoms with Crippen LogP contribution in [0, 0.1) is 0 Å². The molecule has 2 unspecified atom stereocenters. The van der Waals surface area contributed by atoms with Crippen LogP contribution in [0.3, 0.4) is 0 Å². The van der Waals surface area contributed by atoms with Crippen LogP contribution in [-0.2, 0) is 4.74 Å². The van der Waals surface area contributed by atoms with Crippen molar-refractivity contribution in [1.29, 1.82) is 0 Å². The number of benzene rings is 1. The molecule has 0 saturated carbocycles. The molecule has 1 aromatic carbocycles. The lowest BCUT2D eigenvalue weighted by Crippen LogP contribution is -2.39. The van der Waals surface area contributed by atoms with Crippen molar-refractivity contribution in [1.82, 2.24) is 5.32 Å². The van der Waals surface area contributed by atoms with Gasteiger partial charge in [0.05, 0.1) is 6.10 Å². The van der Waals surface area contributed by atoms with Gasteiger partial charge in [0.2, 0.25) is 0 Å². The second-order valence-electron chi connectivity index (χ2n) is 5.27. The number of ether oxygens (including phenoxy) is 1. The average Bonchev–Trinajstić information content (AvgIpc) is 2.92. The van der Waals surface area contributed by atoms with E-state index in [2.05, 4.69) is 41.5 Å². The van der Waals surface area contributed by atoms with Crippen molar-refractivity contribution in [2.24, 2.45) is 0 Å². The number of fused-ring (bicyclic) bond motifs is 1. The van der Waals surface area contributed by atoms with Crippen LogP contribution in [0.15, 0.2) is 24.3 Å². The Kier molecular flexibility index (Phi) is 3.52. The maximum Gasteiger partial charge on any atom is 0.0750 e. The molecule has 2 atom stereocenters. The van der Waals surface area contributed by atoms with E-state index in [0.717, 1.165) is 19.7 Å². The van der Waals surface area contributed by atoms with E-state index in [1.54, 1.807) is 0 Å². The summed E-state index contributed by atoms with van der Waals surface area (Å²) in [5.41, 5.74) is 2.82. The molecule has 3 nitrogen and oxygen atoms in total. The lowest BCUT2D eigenvalue weighted by molar-refractivity contribution is 0.115. The van der Waals surface area contributed by atoms with Gasteiger partial charge in [0.1, 0.15) is 0 Å². The first kappa shape index (κ1) is 12.0. The first-order valence-corrected chi connectivity index (χ1v) is 7.01. The standard InChI is InChI=1S/C15H22N2O/c1-16-14-8-9-17(11-12-5-4-10-18-12)15-7-3-2-6-13(14)15/h2-3,6-7,12,14,16H,4-5,8-11H2,1H3. The number of nitrogens with zero attached hydrogens (tertiary/aromatic N) is 1. The minimum Gasteiger partial charge on any atom is -0.376 e. The van der Waals surface area contributed by atoms with Crippen molar-refractivity contribution >= 4 is 5.69 Å². The fourth-order valence-electron chi connectivity index (χ4n) is 3.15. The molecule has 18 heavy (non-hydrogen) atoms. The smallest absolute Gasteiger partial charge is 0.0750 e. The summed E-state index contributed by atoms with van der Waals surface area (Å²) in [6, 6.07) is 9.27. The third-order valence-electron chi connectivity index (χ3n) is 4.14. The minimum absolute atomic E-state index is 0.434. The topological polar surface area (TPSA) is 24.5 Å². The van der Waals surface area contributed by atoms with Crippen molar-refractivity contribution < 1.29 is 4.74 Å². The second-order valence-corrected chi connectivity index (χ2v) is 5.27. The first-order chi connectivity index (χ1) is 8.88. The molecule has 1 aromatic rings. The molecule has 0 radical (unpaired) electrons. The highest BCUT2D eigenvalue weighted by atomic mass is 16.5. The fraction of sp³-hybridized carbons (Fsp3) is 0.600. The Balaban J connectivity index is 1.80.